The van der Waals surface area contributed by atoms with Gasteiger partial charge in [-0.3, -0.25) is 9.59 Å². The molecule has 0 fully saturated rings. The lowest BCUT2D eigenvalue weighted by Gasteiger charge is -2.25. The number of carbonyl (C=O) groups excluding carboxylic acids is 2. The second-order valence-electron chi connectivity index (χ2n) is 17.1. The van der Waals surface area contributed by atoms with Crippen LogP contribution in [-0.2, 0) is 19.1 Å². The lowest BCUT2D eigenvalue weighted by atomic mass is 9.92. The van der Waals surface area contributed by atoms with E-state index in [1.807, 2.05) is 0 Å². The Balaban J connectivity index is 4.54. The van der Waals surface area contributed by atoms with Crippen LogP contribution in [0.3, 0.4) is 0 Å². The van der Waals surface area contributed by atoms with Crippen LogP contribution in [0.25, 0.3) is 0 Å². The molecule has 334 valence electrons. The first-order valence-corrected chi connectivity index (χ1v) is 24.8. The highest BCUT2D eigenvalue weighted by atomic mass is 16.5. The molecule has 0 aromatic rings. The SMILES string of the molecule is CCCCCCC(CCCCCC)CCOC(=O)CCCCCN(CCCCCC(=O)OCCC(CCCCCC)CCCCCC)CCCN(CC)CCO. The summed E-state index contributed by atoms with van der Waals surface area (Å²) in [4.78, 5) is 30.0. The fourth-order valence-corrected chi connectivity index (χ4v) is 8.11. The molecule has 0 saturated carbocycles. The van der Waals surface area contributed by atoms with Crippen molar-refractivity contribution in [3.63, 3.8) is 0 Å². The van der Waals surface area contributed by atoms with Crippen molar-refractivity contribution in [1.29, 1.82) is 0 Å². The molecule has 7 heteroatoms. The molecule has 7 nitrogen and oxygen atoms in total. The van der Waals surface area contributed by atoms with E-state index < -0.39 is 0 Å². The maximum atomic E-state index is 12.6. The van der Waals surface area contributed by atoms with Gasteiger partial charge in [-0.1, -0.05) is 176 Å². The highest BCUT2D eigenvalue weighted by Crippen LogP contribution is 2.23. The van der Waals surface area contributed by atoms with Gasteiger partial charge in [-0.25, -0.2) is 0 Å². The number of rotatable bonds is 45. The summed E-state index contributed by atoms with van der Waals surface area (Å²) in [6.45, 7) is 18.4. The number of hydrogen-bond donors (Lipinski definition) is 1. The van der Waals surface area contributed by atoms with Crippen molar-refractivity contribution in [3.05, 3.63) is 0 Å². The van der Waals surface area contributed by atoms with E-state index in [4.69, 9.17) is 9.47 Å². The van der Waals surface area contributed by atoms with Crippen molar-refractivity contribution in [2.45, 2.75) is 234 Å². The minimum atomic E-state index is -0.0238. The van der Waals surface area contributed by atoms with Gasteiger partial charge in [0.25, 0.3) is 0 Å². The predicted molar refractivity (Wildman–Crippen MR) is 240 cm³/mol. The van der Waals surface area contributed by atoms with Gasteiger partial charge in [0.15, 0.2) is 0 Å². The summed E-state index contributed by atoms with van der Waals surface area (Å²) < 4.78 is 11.4. The number of ether oxygens (including phenoxy) is 2. The second-order valence-corrected chi connectivity index (χ2v) is 17.1. The predicted octanol–water partition coefficient (Wildman–Crippen LogP) is 13.1. The minimum absolute atomic E-state index is 0.0238. The van der Waals surface area contributed by atoms with Crippen molar-refractivity contribution in [1.82, 2.24) is 9.80 Å². The largest absolute Gasteiger partial charge is 0.466 e. The molecule has 0 spiro atoms. The van der Waals surface area contributed by atoms with E-state index >= 15 is 0 Å². The normalized spacial score (nSPS) is 11.8. The molecule has 0 aliphatic rings. The fraction of sp³-hybridized carbons (Fsp3) is 0.959. The molecule has 0 radical (unpaired) electrons. The number of hydrogen-bond acceptors (Lipinski definition) is 7. The van der Waals surface area contributed by atoms with Crippen molar-refractivity contribution in [2.75, 3.05) is 59.1 Å². The molecule has 0 aromatic heterocycles. The maximum Gasteiger partial charge on any atom is 0.305 e. The van der Waals surface area contributed by atoms with Gasteiger partial charge in [-0.15, -0.1) is 0 Å². The Bertz CT molecular complexity index is 746. The van der Waals surface area contributed by atoms with Crippen molar-refractivity contribution < 1.29 is 24.2 Å². The van der Waals surface area contributed by atoms with E-state index in [-0.39, 0.29) is 18.5 Å². The summed E-state index contributed by atoms with van der Waals surface area (Å²) in [6, 6.07) is 0. The first kappa shape index (κ1) is 54.8. The molecule has 0 aliphatic heterocycles. The van der Waals surface area contributed by atoms with Gasteiger partial charge in [0, 0.05) is 19.4 Å². The van der Waals surface area contributed by atoms with Crippen LogP contribution in [0, 0.1) is 11.8 Å². The van der Waals surface area contributed by atoms with Gasteiger partial charge in [-0.2, -0.15) is 0 Å². The summed E-state index contributed by atoms with van der Waals surface area (Å²) >= 11 is 0. The maximum absolute atomic E-state index is 12.6. The summed E-state index contributed by atoms with van der Waals surface area (Å²) in [5, 5.41) is 9.40. The molecule has 1 N–H and O–H groups in total. The standard InChI is InChI=1S/C49H98N2O5/c1-6-11-15-21-30-46(31-22-16-12-7-2)36-44-55-48(53)34-25-19-27-38-51(41-29-40-50(10-5)42-43-52)39-28-20-26-35-49(54)56-45-37-47(32-23-17-13-8-3)33-24-18-14-9-4/h46-47,52H,6-45H2,1-5H3. The van der Waals surface area contributed by atoms with Crippen LogP contribution in [-0.4, -0.2) is 85.9 Å². The lowest BCUT2D eigenvalue weighted by Crippen LogP contribution is -2.32. The topological polar surface area (TPSA) is 79.3 Å². The summed E-state index contributed by atoms with van der Waals surface area (Å²) in [6.07, 6.45) is 36.3. The molecular formula is C49H98N2O5. The van der Waals surface area contributed by atoms with Crippen LogP contribution in [0.4, 0.5) is 0 Å². The van der Waals surface area contributed by atoms with Crippen LogP contribution < -0.4 is 0 Å². The van der Waals surface area contributed by atoms with Crippen LogP contribution in [0.5, 0.6) is 0 Å². The quantitative estimate of drug-likeness (QED) is 0.0486. The molecule has 0 aliphatic carbocycles. The van der Waals surface area contributed by atoms with Crippen molar-refractivity contribution >= 4 is 11.9 Å². The molecule has 56 heavy (non-hydrogen) atoms. The van der Waals surface area contributed by atoms with Gasteiger partial charge in [0.05, 0.1) is 19.8 Å². The second kappa shape index (κ2) is 43.4. The molecule has 0 amide bonds. The van der Waals surface area contributed by atoms with E-state index in [0.29, 0.717) is 37.9 Å². The summed E-state index contributed by atoms with van der Waals surface area (Å²) in [5.74, 6) is 1.34. The molecule has 0 saturated heterocycles. The van der Waals surface area contributed by atoms with Crippen LogP contribution in [0.2, 0.25) is 0 Å². The van der Waals surface area contributed by atoms with Gasteiger partial charge in [-0.05, 0) is 89.5 Å². The highest BCUT2D eigenvalue weighted by Gasteiger charge is 2.13. The van der Waals surface area contributed by atoms with Crippen LogP contribution >= 0.6 is 0 Å². The molecule has 0 rings (SSSR count). The summed E-state index contributed by atoms with van der Waals surface area (Å²) in [5.41, 5.74) is 0. The monoisotopic (exact) mass is 795 g/mol. The summed E-state index contributed by atoms with van der Waals surface area (Å²) in [7, 11) is 0. The van der Waals surface area contributed by atoms with E-state index in [1.165, 1.54) is 128 Å². The average Bonchev–Trinajstić information content (AvgIpc) is 3.19. The molecule has 0 heterocycles. The zero-order chi connectivity index (χ0) is 41.2. The fourth-order valence-electron chi connectivity index (χ4n) is 8.11. The molecule has 0 bridgehead atoms. The van der Waals surface area contributed by atoms with Gasteiger partial charge >= 0.3 is 11.9 Å². The van der Waals surface area contributed by atoms with Gasteiger partial charge in [0.2, 0.25) is 0 Å². The minimum Gasteiger partial charge on any atom is -0.466 e. The van der Waals surface area contributed by atoms with Gasteiger partial charge < -0.3 is 24.4 Å². The average molecular weight is 795 g/mol. The lowest BCUT2D eigenvalue weighted by molar-refractivity contribution is -0.145. The van der Waals surface area contributed by atoms with E-state index in [9.17, 15) is 14.7 Å². The Hall–Kier alpha value is -1.18. The molecular weight excluding hydrogens is 697 g/mol. The third-order valence-electron chi connectivity index (χ3n) is 12.0. The molecule has 0 atom stereocenters. The number of nitrogens with zero attached hydrogens (tertiary/aromatic N) is 2. The zero-order valence-electron chi connectivity index (χ0n) is 38.4. The number of likely N-dealkylation sites (N-methyl/N-ethyl adjacent to an activating group) is 1. The Morgan fingerprint density at radius 2 is 0.768 bits per heavy atom. The number of aliphatic hydroxyl groups excluding tert-OH is 1. The Morgan fingerprint density at radius 1 is 0.411 bits per heavy atom. The van der Waals surface area contributed by atoms with E-state index in [0.717, 1.165) is 97.1 Å². The van der Waals surface area contributed by atoms with Crippen molar-refractivity contribution in [3.8, 4) is 0 Å². The third-order valence-corrected chi connectivity index (χ3v) is 12.0. The number of esters is 2. The Morgan fingerprint density at radius 3 is 1.12 bits per heavy atom. The molecule has 0 aromatic carbocycles. The van der Waals surface area contributed by atoms with Crippen LogP contribution in [0.15, 0.2) is 0 Å². The Labute approximate surface area is 349 Å². The molecule has 0 unspecified atom stereocenters. The van der Waals surface area contributed by atoms with Crippen LogP contribution in [0.1, 0.15) is 234 Å². The highest BCUT2D eigenvalue weighted by molar-refractivity contribution is 5.69. The first-order valence-electron chi connectivity index (χ1n) is 24.8. The van der Waals surface area contributed by atoms with Crippen molar-refractivity contribution in [2.24, 2.45) is 11.8 Å². The van der Waals surface area contributed by atoms with E-state index in [1.54, 1.807) is 0 Å². The number of aliphatic hydroxyl groups is 1. The number of unbranched alkanes of at least 4 members (excludes halogenated alkanes) is 16. The van der Waals surface area contributed by atoms with Gasteiger partial charge in [0.1, 0.15) is 0 Å². The zero-order valence-corrected chi connectivity index (χ0v) is 38.4. The Kier molecular flexibility index (Phi) is 42.5. The third kappa shape index (κ3) is 37.1. The smallest absolute Gasteiger partial charge is 0.305 e. The number of carbonyl (C=O) groups is 2. The van der Waals surface area contributed by atoms with E-state index in [2.05, 4.69) is 44.4 Å². The first-order chi connectivity index (χ1) is 27.4.